The lowest BCUT2D eigenvalue weighted by molar-refractivity contribution is 0.431. The van der Waals surface area contributed by atoms with Crippen molar-refractivity contribution in [2.24, 2.45) is 0 Å². The molecule has 0 amide bonds. The molecular weight excluding hydrogens is 271 g/mol. The Kier molecular flexibility index (Phi) is 4.64. The lowest BCUT2D eigenvalue weighted by Crippen LogP contribution is -2.13. The van der Waals surface area contributed by atoms with Gasteiger partial charge in [-0.15, -0.1) is 0 Å². The maximum atomic E-state index is 6.15. The van der Waals surface area contributed by atoms with Gasteiger partial charge >= 0.3 is 0 Å². The quantitative estimate of drug-likeness (QED) is 0.839. The maximum absolute atomic E-state index is 6.15. The number of rotatable bonds is 5. The molecule has 0 fully saturated rings. The van der Waals surface area contributed by atoms with Crippen molar-refractivity contribution in [2.45, 2.75) is 19.9 Å². The molecule has 0 aliphatic carbocycles. The summed E-state index contributed by atoms with van der Waals surface area (Å²) in [6.45, 7) is 3.78. The summed E-state index contributed by atoms with van der Waals surface area (Å²) in [6, 6.07) is 5.29. The zero-order valence-electron chi connectivity index (χ0n) is 10.0. The second-order valence-electron chi connectivity index (χ2n) is 3.98. The number of hydrogen-bond acceptors (Lipinski definition) is 3. The molecule has 5 heteroatoms. The van der Waals surface area contributed by atoms with E-state index in [1.54, 1.807) is 24.4 Å². The number of halogens is 2. The predicted octanol–water partition coefficient (Wildman–Crippen LogP) is 4.15. The van der Waals surface area contributed by atoms with Crippen LogP contribution in [0.15, 0.2) is 28.9 Å². The summed E-state index contributed by atoms with van der Waals surface area (Å²) in [4.78, 5) is 0. The number of nitrogens with one attached hydrogen (secondary N) is 1. The van der Waals surface area contributed by atoms with Crippen LogP contribution in [0.4, 0.5) is 0 Å². The zero-order chi connectivity index (χ0) is 13.0. The number of benzene rings is 1. The first kappa shape index (κ1) is 13.4. The van der Waals surface area contributed by atoms with Gasteiger partial charge in [0, 0.05) is 22.7 Å². The average Bonchev–Trinajstić information content (AvgIpc) is 2.81. The average molecular weight is 285 g/mol. The van der Waals surface area contributed by atoms with E-state index in [-0.39, 0.29) is 0 Å². The highest BCUT2D eigenvalue weighted by Gasteiger charge is 2.14. The monoisotopic (exact) mass is 284 g/mol. The van der Waals surface area contributed by atoms with Crippen LogP contribution >= 0.6 is 23.2 Å². The van der Waals surface area contributed by atoms with Gasteiger partial charge in [0.1, 0.15) is 0 Å². The molecular formula is C13H14Cl2N2O. The first-order valence-electron chi connectivity index (χ1n) is 5.82. The van der Waals surface area contributed by atoms with Crippen LogP contribution in [0.2, 0.25) is 10.0 Å². The number of hydrogen-bond donors (Lipinski definition) is 1. The van der Waals surface area contributed by atoms with Crippen LogP contribution in [0.25, 0.3) is 11.3 Å². The van der Waals surface area contributed by atoms with E-state index in [1.807, 2.05) is 0 Å². The van der Waals surface area contributed by atoms with Gasteiger partial charge < -0.3 is 9.84 Å². The van der Waals surface area contributed by atoms with Crippen molar-refractivity contribution in [3.8, 4) is 11.3 Å². The van der Waals surface area contributed by atoms with E-state index in [1.165, 1.54) is 0 Å². The lowest BCUT2D eigenvalue weighted by atomic mass is 10.1. The summed E-state index contributed by atoms with van der Waals surface area (Å²) in [5, 5.41) is 8.36. The fourth-order valence-electron chi connectivity index (χ4n) is 1.68. The molecule has 0 aliphatic rings. The minimum absolute atomic E-state index is 0.605. The minimum Gasteiger partial charge on any atom is -0.356 e. The van der Waals surface area contributed by atoms with Crippen molar-refractivity contribution >= 4 is 23.2 Å². The largest absolute Gasteiger partial charge is 0.356 e. The molecule has 3 nitrogen and oxygen atoms in total. The molecule has 1 aromatic carbocycles. The maximum Gasteiger partial charge on any atom is 0.172 e. The van der Waals surface area contributed by atoms with E-state index in [9.17, 15) is 0 Å². The topological polar surface area (TPSA) is 38.1 Å². The molecule has 1 heterocycles. The van der Waals surface area contributed by atoms with E-state index in [0.29, 0.717) is 22.4 Å². The third-order valence-electron chi connectivity index (χ3n) is 2.56. The molecule has 0 saturated carbocycles. The van der Waals surface area contributed by atoms with Crippen molar-refractivity contribution in [3.05, 3.63) is 40.0 Å². The molecule has 96 valence electrons. The molecule has 2 rings (SSSR count). The smallest absolute Gasteiger partial charge is 0.172 e. The Morgan fingerprint density at radius 3 is 2.94 bits per heavy atom. The van der Waals surface area contributed by atoms with E-state index >= 15 is 0 Å². The summed E-state index contributed by atoms with van der Waals surface area (Å²) in [5.41, 5.74) is 1.75. The standard InChI is InChI=1S/C13H14Cl2N2O/c1-2-5-16-7-9-8-17-18-13(9)11-6-10(14)3-4-12(11)15/h3-4,6,8,16H,2,5,7H2,1H3. The van der Waals surface area contributed by atoms with Crippen LogP contribution in [0.1, 0.15) is 18.9 Å². The van der Waals surface area contributed by atoms with E-state index in [0.717, 1.165) is 24.1 Å². The van der Waals surface area contributed by atoms with Crippen LogP contribution in [0.3, 0.4) is 0 Å². The summed E-state index contributed by atoms with van der Waals surface area (Å²) in [5.74, 6) is 0.672. The predicted molar refractivity (Wildman–Crippen MR) is 74.0 cm³/mol. The normalized spacial score (nSPS) is 10.8. The minimum atomic E-state index is 0.605. The zero-order valence-corrected chi connectivity index (χ0v) is 11.6. The van der Waals surface area contributed by atoms with Crippen LogP contribution in [0, 0.1) is 0 Å². The summed E-state index contributed by atoms with van der Waals surface area (Å²) in [6.07, 6.45) is 2.79. The number of aromatic nitrogens is 1. The Bertz CT molecular complexity index is 525. The van der Waals surface area contributed by atoms with Crippen LogP contribution < -0.4 is 5.32 Å². The number of nitrogens with zero attached hydrogens (tertiary/aromatic N) is 1. The molecule has 0 radical (unpaired) electrons. The molecule has 0 bridgehead atoms. The van der Waals surface area contributed by atoms with Crippen molar-refractivity contribution in [1.29, 1.82) is 0 Å². The highest BCUT2D eigenvalue weighted by atomic mass is 35.5. The molecule has 0 atom stereocenters. The molecule has 0 spiro atoms. The van der Waals surface area contributed by atoms with E-state index < -0.39 is 0 Å². The van der Waals surface area contributed by atoms with E-state index in [4.69, 9.17) is 27.7 Å². The van der Waals surface area contributed by atoms with Crippen molar-refractivity contribution in [1.82, 2.24) is 10.5 Å². The second-order valence-corrected chi connectivity index (χ2v) is 4.82. The Morgan fingerprint density at radius 2 is 2.17 bits per heavy atom. The molecule has 1 aromatic heterocycles. The molecule has 18 heavy (non-hydrogen) atoms. The Hall–Kier alpha value is -1.03. The van der Waals surface area contributed by atoms with Gasteiger partial charge in [0.05, 0.1) is 11.2 Å². The third-order valence-corrected chi connectivity index (χ3v) is 3.12. The lowest BCUT2D eigenvalue weighted by Gasteiger charge is -2.05. The summed E-state index contributed by atoms with van der Waals surface area (Å²) < 4.78 is 5.28. The molecule has 1 N–H and O–H groups in total. The van der Waals surface area contributed by atoms with Gasteiger partial charge in [-0.2, -0.15) is 0 Å². The Labute approximate surface area is 116 Å². The third kappa shape index (κ3) is 3.05. The Morgan fingerprint density at radius 1 is 1.33 bits per heavy atom. The summed E-state index contributed by atoms with van der Waals surface area (Å²) >= 11 is 12.1. The van der Waals surface area contributed by atoms with Gasteiger partial charge in [0.15, 0.2) is 5.76 Å². The molecule has 0 unspecified atom stereocenters. The van der Waals surface area contributed by atoms with Gasteiger partial charge in [-0.25, -0.2) is 0 Å². The SMILES string of the molecule is CCCNCc1cnoc1-c1cc(Cl)ccc1Cl. The fourth-order valence-corrected chi connectivity index (χ4v) is 2.05. The van der Waals surface area contributed by atoms with Crippen LogP contribution in [0.5, 0.6) is 0 Å². The van der Waals surface area contributed by atoms with E-state index in [2.05, 4.69) is 17.4 Å². The van der Waals surface area contributed by atoms with Crippen molar-refractivity contribution in [3.63, 3.8) is 0 Å². The van der Waals surface area contributed by atoms with Gasteiger partial charge in [-0.1, -0.05) is 35.3 Å². The first-order chi connectivity index (χ1) is 8.72. The van der Waals surface area contributed by atoms with Crippen LogP contribution in [-0.2, 0) is 6.54 Å². The van der Waals surface area contributed by atoms with Gasteiger partial charge in [-0.05, 0) is 31.2 Å². The van der Waals surface area contributed by atoms with Crippen molar-refractivity contribution < 1.29 is 4.52 Å². The van der Waals surface area contributed by atoms with Gasteiger partial charge in [0.2, 0.25) is 0 Å². The van der Waals surface area contributed by atoms with Gasteiger partial charge in [-0.3, -0.25) is 0 Å². The molecule has 0 aliphatic heterocycles. The fraction of sp³-hybridized carbons (Fsp3) is 0.308. The first-order valence-corrected chi connectivity index (χ1v) is 6.57. The highest BCUT2D eigenvalue weighted by Crippen LogP contribution is 2.32. The van der Waals surface area contributed by atoms with Crippen molar-refractivity contribution in [2.75, 3.05) is 6.54 Å². The van der Waals surface area contributed by atoms with Gasteiger partial charge in [0.25, 0.3) is 0 Å². The molecule has 0 saturated heterocycles. The summed E-state index contributed by atoms with van der Waals surface area (Å²) in [7, 11) is 0. The highest BCUT2D eigenvalue weighted by molar-refractivity contribution is 6.35. The van der Waals surface area contributed by atoms with Crippen LogP contribution in [-0.4, -0.2) is 11.7 Å². The second kappa shape index (κ2) is 6.23. The Balaban J connectivity index is 2.27. The molecule has 2 aromatic rings.